The zero-order valence-corrected chi connectivity index (χ0v) is 29.5. The van der Waals surface area contributed by atoms with Crippen LogP contribution < -0.4 is 32.6 Å². The SMILES string of the molecule is N[C@H](Cc1c[nH]c2ccccc12)C(=O)N[C@H](CCC(=O)O)C(=O)N[C@@H](Cc1cnc[nH]1)C(=O)N[C@@H](CC(=O)O)C(=O)Nc1ccc2c(C(F)(F)F)cc(=O)oc2c1. The Morgan fingerprint density at radius 3 is 2.21 bits per heavy atom. The van der Waals surface area contributed by atoms with Gasteiger partial charge in [-0.05, 0) is 36.6 Å². The molecule has 4 amide bonds. The van der Waals surface area contributed by atoms with Crippen LogP contribution in [0, 0.1) is 0 Å². The summed E-state index contributed by atoms with van der Waals surface area (Å²) in [6, 6.07) is 4.26. The van der Waals surface area contributed by atoms with Crippen LogP contribution in [0.3, 0.4) is 0 Å². The van der Waals surface area contributed by atoms with E-state index in [2.05, 4.69) is 36.2 Å². The number of nitrogens with zero attached hydrogens (tertiary/aromatic N) is 1. The molecule has 4 atom stereocenters. The molecule has 0 aliphatic heterocycles. The monoisotopic (exact) mass is 796 g/mol. The molecule has 3 heterocycles. The van der Waals surface area contributed by atoms with Gasteiger partial charge in [-0.15, -0.1) is 0 Å². The number of hydrogen-bond donors (Lipinski definition) is 9. The Bertz CT molecular complexity index is 2360. The molecule has 0 spiro atoms. The quantitative estimate of drug-likeness (QED) is 0.0606. The molecule has 0 aliphatic carbocycles. The number of carboxylic acid groups (broad SMARTS) is 2. The molecule has 18 nitrogen and oxygen atoms in total. The first-order valence-electron chi connectivity index (χ1n) is 17.1. The molecule has 0 saturated carbocycles. The minimum absolute atomic E-state index is 0.0449. The molecule has 0 bridgehead atoms. The zero-order valence-electron chi connectivity index (χ0n) is 29.5. The smallest absolute Gasteiger partial charge is 0.417 e. The predicted molar refractivity (Wildman–Crippen MR) is 193 cm³/mol. The number of carbonyl (C=O) groups is 6. The minimum atomic E-state index is -4.91. The van der Waals surface area contributed by atoms with Gasteiger partial charge in [0.1, 0.15) is 23.7 Å². The predicted octanol–water partition coefficient (Wildman–Crippen LogP) is 1.56. The number of fused-ring (bicyclic) bond motifs is 2. The minimum Gasteiger partial charge on any atom is -0.481 e. The third kappa shape index (κ3) is 10.8. The number of anilines is 1. The molecule has 5 rings (SSSR count). The van der Waals surface area contributed by atoms with Gasteiger partial charge in [-0.2, -0.15) is 13.2 Å². The molecular formula is C36H35F3N8O10. The van der Waals surface area contributed by atoms with E-state index < -0.39 is 107 Å². The van der Waals surface area contributed by atoms with E-state index in [0.29, 0.717) is 5.56 Å². The highest BCUT2D eigenvalue weighted by molar-refractivity contribution is 6.01. The van der Waals surface area contributed by atoms with Crippen LogP contribution in [0.4, 0.5) is 18.9 Å². The number of carbonyl (C=O) groups excluding carboxylic acids is 4. The van der Waals surface area contributed by atoms with E-state index in [-0.39, 0.29) is 30.3 Å². The molecule has 0 fully saturated rings. The Kier molecular flexibility index (Phi) is 12.7. The summed E-state index contributed by atoms with van der Waals surface area (Å²) in [6.45, 7) is 0. The molecule has 0 unspecified atom stereocenters. The van der Waals surface area contributed by atoms with E-state index in [4.69, 9.17) is 10.2 Å². The summed E-state index contributed by atoms with van der Waals surface area (Å²) in [5.41, 5.74) is 4.61. The fourth-order valence-corrected chi connectivity index (χ4v) is 5.90. The van der Waals surface area contributed by atoms with Crippen LogP contribution >= 0.6 is 0 Å². The highest BCUT2D eigenvalue weighted by Gasteiger charge is 2.35. The van der Waals surface area contributed by atoms with Gasteiger partial charge < -0.3 is 51.6 Å². The van der Waals surface area contributed by atoms with Crippen molar-refractivity contribution in [3.05, 3.63) is 94.5 Å². The summed E-state index contributed by atoms with van der Waals surface area (Å²) < 4.78 is 45.4. The largest absolute Gasteiger partial charge is 0.481 e. The number of halogens is 3. The average molecular weight is 797 g/mol. The maximum absolute atomic E-state index is 13.7. The zero-order chi connectivity index (χ0) is 41.4. The van der Waals surface area contributed by atoms with E-state index in [1.807, 2.05) is 18.2 Å². The van der Waals surface area contributed by atoms with Gasteiger partial charge in [0.05, 0.1) is 24.4 Å². The lowest BCUT2D eigenvalue weighted by atomic mass is 10.0. The average Bonchev–Trinajstić information content (AvgIpc) is 3.81. The molecule has 2 aromatic carbocycles. The molecule has 57 heavy (non-hydrogen) atoms. The van der Waals surface area contributed by atoms with Crippen LogP contribution in [-0.4, -0.2) is 84.9 Å². The van der Waals surface area contributed by atoms with E-state index in [1.54, 1.807) is 12.3 Å². The fourth-order valence-electron chi connectivity index (χ4n) is 5.90. The summed E-state index contributed by atoms with van der Waals surface area (Å²) in [5, 5.41) is 28.6. The number of para-hydroxylation sites is 1. The van der Waals surface area contributed by atoms with Gasteiger partial charge in [0.15, 0.2) is 0 Å². The number of rotatable bonds is 17. The standard InChI is InChI=1S/C36H35F3N8O10/c37-36(38,39)22-12-31(52)57-28-11-18(5-6-21(22)28)44-34(55)27(13-30(50)51)47-35(56)26(10-19-15-41-16-43-19)46-33(54)25(7-8-29(48)49)45-32(53)23(40)9-17-14-42-24-4-2-1-3-20(17)24/h1-6,11-12,14-16,23,25-27,42H,7-10,13,40H2,(H,41,43)(H,44,55)(H,45,53)(H,46,54)(H,47,56)(H,48,49)(H,50,51)/t23-,25-,26+,27+/m1/s1. The van der Waals surface area contributed by atoms with Crippen molar-refractivity contribution in [2.45, 2.75) is 62.4 Å². The molecule has 0 radical (unpaired) electrons. The third-order valence-corrected chi connectivity index (χ3v) is 8.67. The number of carboxylic acids is 2. The van der Waals surface area contributed by atoms with Crippen LogP contribution in [0.2, 0.25) is 0 Å². The number of amides is 4. The summed E-state index contributed by atoms with van der Waals surface area (Å²) in [6.07, 6.45) is -2.94. The second-order valence-electron chi connectivity index (χ2n) is 12.8. The van der Waals surface area contributed by atoms with E-state index in [0.717, 1.165) is 29.1 Å². The van der Waals surface area contributed by atoms with Crippen molar-refractivity contribution >= 4 is 63.1 Å². The second-order valence-corrected chi connectivity index (χ2v) is 12.8. The molecule has 0 saturated heterocycles. The van der Waals surface area contributed by atoms with Crippen molar-refractivity contribution in [1.29, 1.82) is 0 Å². The lowest BCUT2D eigenvalue weighted by Crippen LogP contribution is -2.58. The van der Waals surface area contributed by atoms with Crippen molar-refractivity contribution in [3.8, 4) is 0 Å². The maximum atomic E-state index is 13.7. The number of nitrogens with two attached hydrogens (primary N) is 1. The van der Waals surface area contributed by atoms with Crippen LogP contribution in [-0.2, 0) is 47.8 Å². The van der Waals surface area contributed by atoms with Crippen molar-refractivity contribution in [3.63, 3.8) is 0 Å². The van der Waals surface area contributed by atoms with E-state index in [1.165, 1.54) is 12.5 Å². The summed E-state index contributed by atoms with van der Waals surface area (Å²) in [5.74, 6) is -6.92. The van der Waals surface area contributed by atoms with Crippen molar-refractivity contribution in [1.82, 2.24) is 30.9 Å². The van der Waals surface area contributed by atoms with Gasteiger partial charge in [0.2, 0.25) is 23.6 Å². The molecule has 21 heteroatoms. The van der Waals surface area contributed by atoms with Crippen molar-refractivity contribution in [2.75, 3.05) is 5.32 Å². The van der Waals surface area contributed by atoms with E-state index >= 15 is 0 Å². The molecule has 300 valence electrons. The highest BCUT2D eigenvalue weighted by Crippen LogP contribution is 2.34. The number of benzene rings is 2. The first-order chi connectivity index (χ1) is 27.0. The summed E-state index contributed by atoms with van der Waals surface area (Å²) in [4.78, 5) is 98.6. The Hall–Kier alpha value is -7.03. The van der Waals surface area contributed by atoms with Gasteiger partial charge in [-0.25, -0.2) is 9.78 Å². The van der Waals surface area contributed by atoms with E-state index in [9.17, 15) is 56.9 Å². The number of alkyl halides is 3. The van der Waals surface area contributed by atoms with Gasteiger partial charge in [0.25, 0.3) is 0 Å². The van der Waals surface area contributed by atoms with Gasteiger partial charge >= 0.3 is 23.7 Å². The Labute approximate surface area is 318 Å². The lowest BCUT2D eigenvalue weighted by Gasteiger charge is -2.25. The van der Waals surface area contributed by atoms with Crippen molar-refractivity contribution in [2.24, 2.45) is 5.73 Å². The van der Waals surface area contributed by atoms with Crippen LogP contribution in [0.1, 0.15) is 36.1 Å². The number of hydrogen-bond acceptors (Lipinski definition) is 10. The van der Waals surface area contributed by atoms with Crippen LogP contribution in [0.15, 0.2) is 76.5 Å². The van der Waals surface area contributed by atoms with Crippen LogP contribution in [0.5, 0.6) is 0 Å². The molecule has 10 N–H and O–H groups in total. The number of aromatic amines is 2. The molecular weight excluding hydrogens is 761 g/mol. The molecule has 5 aromatic rings. The fraction of sp³-hybridized carbons (Fsp3) is 0.278. The van der Waals surface area contributed by atoms with Gasteiger partial charge in [-0.1, -0.05) is 18.2 Å². The second kappa shape index (κ2) is 17.6. The van der Waals surface area contributed by atoms with Gasteiger partial charge in [0, 0.05) is 65.0 Å². The topological polar surface area (TPSA) is 292 Å². The normalized spacial score (nSPS) is 13.6. The van der Waals surface area contributed by atoms with Gasteiger partial charge in [-0.3, -0.25) is 28.8 Å². The number of aliphatic carboxylic acids is 2. The third-order valence-electron chi connectivity index (χ3n) is 8.67. The summed E-state index contributed by atoms with van der Waals surface area (Å²) >= 11 is 0. The first-order valence-corrected chi connectivity index (χ1v) is 17.1. The maximum Gasteiger partial charge on any atom is 0.417 e. The van der Waals surface area contributed by atoms with Crippen molar-refractivity contribution < 1.29 is 56.6 Å². The highest BCUT2D eigenvalue weighted by atomic mass is 19.4. The van der Waals surface area contributed by atoms with Crippen LogP contribution in [0.25, 0.3) is 21.9 Å². The Morgan fingerprint density at radius 2 is 1.53 bits per heavy atom. The number of nitrogens with one attached hydrogen (secondary N) is 6. The number of H-pyrrole nitrogens is 2. The number of imidazole rings is 1. The number of aromatic nitrogens is 3. The lowest BCUT2D eigenvalue weighted by molar-refractivity contribution is -0.140. The molecule has 3 aromatic heterocycles. The molecule has 0 aliphatic rings. The Morgan fingerprint density at radius 1 is 0.825 bits per heavy atom. The Balaban J connectivity index is 1.33. The summed E-state index contributed by atoms with van der Waals surface area (Å²) in [7, 11) is 0. The first kappa shape index (κ1) is 41.1.